The SMILES string of the molecule is Cc1ccc(C(=O)NC(=S)Nc2ccc(N)cc2Cl)cc1C. The summed E-state index contributed by atoms with van der Waals surface area (Å²) in [6.45, 7) is 3.95. The molecular weight excluding hydrogens is 318 g/mol. The third kappa shape index (κ3) is 3.96. The molecule has 0 unspecified atom stereocenters. The van der Waals surface area contributed by atoms with Crippen molar-refractivity contribution >= 4 is 46.2 Å². The van der Waals surface area contributed by atoms with Gasteiger partial charge in [0.25, 0.3) is 5.91 Å². The highest BCUT2D eigenvalue weighted by Gasteiger charge is 2.10. The van der Waals surface area contributed by atoms with E-state index in [0.717, 1.165) is 11.1 Å². The molecule has 0 aliphatic carbocycles. The fourth-order valence-electron chi connectivity index (χ4n) is 1.84. The molecule has 0 saturated heterocycles. The Labute approximate surface area is 139 Å². The van der Waals surface area contributed by atoms with Crippen molar-refractivity contribution < 1.29 is 4.79 Å². The maximum absolute atomic E-state index is 12.2. The zero-order valence-corrected chi connectivity index (χ0v) is 13.8. The number of carbonyl (C=O) groups is 1. The van der Waals surface area contributed by atoms with E-state index in [4.69, 9.17) is 29.6 Å². The molecule has 114 valence electrons. The van der Waals surface area contributed by atoms with Crippen LogP contribution >= 0.6 is 23.8 Å². The number of benzene rings is 2. The Bertz CT molecular complexity index is 746. The molecule has 0 saturated carbocycles. The van der Waals surface area contributed by atoms with Gasteiger partial charge in [-0.25, -0.2) is 0 Å². The zero-order valence-electron chi connectivity index (χ0n) is 12.2. The number of hydrogen-bond donors (Lipinski definition) is 3. The van der Waals surface area contributed by atoms with Gasteiger partial charge in [-0.3, -0.25) is 10.1 Å². The normalized spacial score (nSPS) is 10.1. The van der Waals surface area contributed by atoms with Crippen LogP contribution in [0.4, 0.5) is 11.4 Å². The average molecular weight is 334 g/mol. The molecular formula is C16H16ClN3OS. The Kier molecular flexibility index (Phi) is 5.00. The Morgan fingerprint density at radius 1 is 1.14 bits per heavy atom. The van der Waals surface area contributed by atoms with E-state index in [0.29, 0.717) is 22.0 Å². The van der Waals surface area contributed by atoms with Crippen molar-refractivity contribution in [3.63, 3.8) is 0 Å². The number of nitrogens with one attached hydrogen (secondary N) is 2. The number of hydrogen-bond acceptors (Lipinski definition) is 3. The lowest BCUT2D eigenvalue weighted by atomic mass is 10.1. The lowest BCUT2D eigenvalue weighted by Gasteiger charge is -2.12. The Morgan fingerprint density at radius 3 is 2.50 bits per heavy atom. The molecule has 0 aliphatic rings. The first-order valence-electron chi connectivity index (χ1n) is 6.61. The van der Waals surface area contributed by atoms with Crippen molar-refractivity contribution in [1.82, 2.24) is 5.32 Å². The summed E-state index contributed by atoms with van der Waals surface area (Å²) in [5, 5.41) is 6.11. The van der Waals surface area contributed by atoms with Gasteiger partial charge in [0, 0.05) is 11.3 Å². The predicted molar refractivity (Wildman–Crippen MR) is 95.5 cm³/mol. The van der Waals surface area contributed by atoms with E-state index in [1.165, 1.54) is 0 Å². The number of aryl methyl sites for hydroxylation is 2. The number of carbonyl (C=O) groups excluding carboxylic acids is 1. The molecule has 2 aromatic rings. The second kappa shape index (κ2) is 6.77. The Balaban J connectivity index is 2.05. The molecule has 0 bridgehead atoms. The van der Waals surface area contributed by atoms with Crippen molar-refractivity contribution in [3.05, 3.63) is 58.1 Å². The summed E-state index contributed by atoms with van der Waals surface area (Å²) in [5.41, 5.74) is 9.50. The summed E-state index contributed by atoms with van der Waals surface area (Å²) < 4.78 is 0. The van der Waals surface area contributed by atoms with Crippen LogP contribution in [-0.2, 0) is 0 Å². The highest BCUT2D eigenvalue weighted by molar-refractivity contribution is 7.80. The first-order valence-corrected chi connectivity index (χ1v) is 7.40. The van der Waals surface area contributed by atoms with Gasteiger partial charge >= 0.3 is 0 Å². The molecule has 0 radical (unpaired) electrons. The van der Waals surface area contributed by atoms with Crippen LogP contribution in [0.5, 0.6) is 0 Å². The van der Waals surface area contributed by atoms with Crippen molar-refractivity contribution in [3.8, 4) is 0 Å². The number of nitrogens with two attached hydrogens (primary N) is 1. The molecule has 4 N–H and O–H groups in total. The first-order chi connectivity index (χ1) is 10.4. The molecule has 0 spiro atoms. The summed E-state index contributed by atoms with van der Waals surface area (Å²) in [4.78, 5) is 12.2. The highest BCUT2D eigenvalue weighted by atomic mass is 35.5. The van der Waals surface area contributed by atoms with E-state index in [2.05, 4.69) is 10.6 Å². The third-order valence-corrected chi connectivity index (χ3v) is 3.75. The first kappa shape index (κ1) is 16.3. The van der Waals surface area contributed by atoms with Crippen molar-refractivity contribution in [1.29, 1.82) is 0 Å². The van der Waals surface area contributed by atoms with Crippen molar-refractivity contribution in [2.75, 3.05) is 11.1 Å². The molecule has 2 rings (SSSR count). The van der Waals surface area contributed by atoms with E-state index in [1.54, 1.807) is 24.3 Å². The van der Waals surface area contributed by atoms with Crippen LogP contribution in [-0.4, -0.2) is 11.0 Å². The van der Waals surface area contributed by atoms with Crippen LogP contribution in [0.2, 0.25) is 5.02 Å². The second-order valence-corrected chi connectivity index (χ2v) is 5.76. The van der Waals surface area contributed by atoms with Gasteiger partial charge in [0.1, 0.15) is 0 Å². The van der Waals surface area contributed by atoms with Crippen LogP contribution in [0, 0.1) is 13.8 Å². The average Bonchev–Trinajstić information content (AvgIpc) is 2.45. The number of rotatable bonds is 2. The third-order valence-electron chi connectivity index (χ3n) is 3.24. The van der Waals surface area contributed by atoms with Gasteiger partial charge in [0.2, 0.25) is 0 Å². The summed E-state index contributed by atoms with van der Waals surface area (Å²) in [6, 6.07) is 10.5. The van der Waals surface area contributed by atoms with Gasteiger partial charge in [-0.2, -0.15) is 0 Å². The van der Waals surface area contributed by atoms with Crippen molar-refractivity contribution in [2.45, 2.75) is 13.8 Å². The lowest BCUT2D eigenvalue weighted by molar-refractivity contribution is 0.0977. The number of anilines is 2. The van der Waals surface area contributed by atoms with Crippen molar-refractivity contribution in [2.24, 2.45) is 0 Å². The van der Waals surface area contributed by atoms with Gasteiger partial charge in [-0.15, -0.1) is 0 Å². The molecule has 0 heterocycles. The maximum Gasteiger partial charge on any atom is 0.257 e. The molecule has 0 fully saturated rings. The van der Waals surface area contributed by atoms with E-state index in [9.17, 15) is 4.79 Å². The zero-order chi connectivity index (χ0) is 16.3. The number of amides is 1. The van der Waals surface area contributed by atoms with Crippen LogP contribution in [0.25, 0.3) is 0 Å². The van der Waals surface area contributed by atoms with Gasteiger partial charge in [0.15, 0.2) is 5.11 Å². The molecule has 0 atom stereocenters. The largest absolute Gasteiger partial charge is 0.399 e. The van der Waals surface area contributed by atoms with Gasteiger partial charge in [-0.05, 0) is 67.5 Å². The number of thiocarbonyl (C=S) groups is 1. The summed E-state index contributed by atoms with van der Waals surface area (Å²) >= 11 is 11.2. The Hall–Kier alpha value is -2.11. The summed E-state index contributed by atoms with van der Waals surface area (Å²) in [6.07, 6.45) is 0. The number of nitrogen functional groups attached to an aromatic ring is 1. The van der Waals surface area contributed by atoms with Crippen LogP contribution in [0.15, 0.2) is 36.4 Å². The molecule has 4 nitrogen and oxygen atoms in total. The minimum Gasteiger partial charge on any atom is -0.399 e. The summed E-state index contributed by atoms with van der Waals surface area (Å²) in [7, 11) is 0. The second-order valence-electron chi connectivity index (χ2n) is 4.95. The minimum absolute atomic E-state index is 0.176. The van der Waals surface area contributed by atoms with E-state index in [-0.39, 0.29) is 11.0 Å². The molecule has 1 amide bonds. The lowest BCUT2D eigenvalue weighted by Crippen LogP contribution is -2.34. The van der Waals surface area contributed by atoms with E-state index < -0.39 is 0 Å². The van der Waals surface area contributed by atoms with Gasteiger partial charge in [-0.1, -0.05) is 17.7 Å². The maximum atomic E-state index is 12.2. The predicted octanol–water partition coefficient (Wildman–Crippen LogP) is 3.67. The number of halogens is 1. The fourth-order valence-corrected chi connectivity index (χ4v) is 2.28. The molecule has 2 aromatic carbocycles. The molecule has 6 heteroatoms. The standard InChI is InChI=1S/C16H16ClN3OS/c1-9-3-4-11(7-10(9)2)15(21)20-16(22)19-14-6-5-12(18)8-13(14)17/h3-8H,18H2,1-2H3,(H2,19,20,21,22). The monoisotopic (exact) mass is 333 g/mol. The molecule has 22 heavy (non-hydrogen) atoms. The van der Waals surface area contributed by atoms with E-state index >= 15 is 0 Å². The smallest absolute Gasteiger partial charge is 0.257 e. The highest BCUT2D eigenvalue weighted by Crippen LogP contribution is 2.23. The molecule has 0 aliphatic heterocycles. The van der Waals surface area contributed by atoms with Crippen LogP contribution < -0.4 is 16.4 Å². The summed E-state index contributed by atoms with van der Waals surface area (Å²) in [5.74, 6) is -0.271. The molecule has 0 aromatic heterocycles. The Morgan fingerprint density at radius 2 is 1.86 bits per heavy atom. The van der Waals surface area contributed by atoms with Crippen LogP contribution in [0.3, 0.4) is 0 Å². The quantitative estimate of drug-likeness (QED) is 0.579. The van der Waals surface area contributed by atoms with Crippen LogP contribution in [0.1, 0.15) is 21.5 Å². The van der Waals surface area contributed by atoms with Gasteiger partial charge in [0.05, 0.1) is 10.7 Å². The fraction of sp³-hybridized carbons (Fsp3) is 0.125. The van der Waals surface area contributed by atoms with Gasteiger partial charge < -0.3 is 11.1 Å². The van der Waals surface area contributed by atoms with E-state index in [1.807, 2.05) is 26.0 Å². The topological polar surface area (TPSA) is 67.2 Å². The minimum atomic E-state index is -0.271.